The molecular formula is C14H12N2O. The first kappa shape index (κ1) is 10.0. The van der Waals surface area contributed by atoms with Crippen LogP contribution in [0.25, 0.3) is 0 Å². The Morgan fingerprint density at radius 3 is 2.76 bits per heavy atom. The van der Waals surface area contributed by atoms with Gasteiger partial charge in [0.1, 0.15) is 0 Å². The number of carbonyl (C=O) groups excluding carboxylic acids is 1. The van der Waals surface area contributed by atoms with Gasteiger partial charge in [-0.3, -0.25) is 9.78 Å². The van der Waals surface area contributed by atoms with Crippen molar-refractivity contribution in [2.75, 3.05) is 0 Å². The van der Waals surface area contributed by atoms with Gasteiger partial charge in [0.05, 0.1) is 18.2 Å². The zero-order valence-electron chi connectivity index (χ0n) is 9.26. The third-order valence-electron chi connectivity index (χ3n) is 3.01. The van der Waals surface area contributed by atoms with E-state index < -0.39 is 0 Å². The zero-order chi connectivity index (χ0) is 11.7. The van der Waals surface area contributed by atoms with Crippen molar-refractivity contribution in [3.63, 3.8) is 0 Å². The molecule has 3 heteroatoms. The Morgan fingerprint density at radius 2 is 1.94 bits per heavy atom. The van der Waals surface area contributed by atoms with Crippen LogP contribution in [0.2, 0.25) is 0 Å². The van der Waals surface area contributed by atoms with Crippen LogP contribution in [0.1, 0.15) is 22.9 Å². The van der Waals surface area contributed by atoms with Crippen LogP contribution >= 0.6 is 0 Å². The molecule has 1 unspecified atom stereocenters. The number of amides is 1. The Morgan fingerprint density at radius 1 is 1.12 bits per heavy atom. The van der Waals surface area contributed by atoms with Crippen molar-refractivity contribution < 1.29 is 4.79 Å². The van der Waals surface area contributed by atoms with E-state index in [0.717, 1.165) is 16.8 Å². The van der Waals surface area contributed by atoms with Gasteiger partial charge in [-0.05, 0) is 23.3 Å². The minimum atomic E-state index is -0.117. The molecular weight excluding hydrogens is 212 g/mol. The summed E-state index contributed by atoms with van der Waals surface area (Å²) in [5, 5.41) is 2.99. The highest BCUT2D eigenvalue weighted by atomic mass is 16.1. The van der Waals surface area contributed by atoms with Gasteiger partial charge < -0.3 is 5.32 Å². The van der Waals surface area contributed by atoms with Crippen LogP contribution < -0.4 is 5.32 Å². The summed E-state index contributed by atoms with van der Waals surface area (Å²) in [6.07, 6.45) is 2.21. The van der Waals surface area contributed by atoms with Crippen LogP contribution in [0.15, 0.2) is 48.7 Å². The highest BCUT2D eigenvalue weighted by Crippen LogP contribution is 2.27. The summed E-state index contributed by atoms with van der Waals surface area (Å²) >= 11 is 0. The van der Waals surface area contributed by atoms with Crippen molar-refractivity contribution in [2.45, 2.75) is 12.5 Å². The van der Waals surface area contributed by atoms with Gasteiger partial charge in [-0.1, -0.05) is 30.3 Å². The van der Waals surface area contributed by atoms with Crippen LogP contribution in [0.3, 0.4) is 0 Å². The summed E-state index contributed by atoms with van der Waals surface area (Å²) < 4.78 is 0. The number of fused-ring (bicyclic) bond motifs is 1. The summed E-state index contributed by atoms with van der Waals surface area (Å²) in [6.45, 7) is 0. The average Bonchev–Trinajstić information content (AvgIpc) is 2.39. The van der Waals surface area contributed by atoms with Crippen LogP contribution in [0.4, 0.5) is 0 Å². The monoisotopic (exact) mass is 224 g/mol. The predicted octanol–water partition coefficient (Wildman–Crippen LogP) is 1.84. The van der Waals surface area contributed by atoms with Crippen molar-refractivity contribution in [2.24, 2.45) is 0 Å². The van der Waals surface area contributed by atoms with E-state index in [1.807, 2.05) is 42.5 Å². The topological polar surface area (TPSA) is 42.0 Å². The molecule has 1 aliphatic rings. The molecule has 17 heavy (non-hydrogen) atoms. The van der Waals surface area contributed by atoms with Gasteiger partial charge in [-0.15, -0.1) is 0 Å². The second-order valence-corrected chi connectivity index (χ2v) is 4.13. The number of aromatic nitrogens is 1. The largest absolute Gasteiger partial charge is 0.343 e. The van der Waals surface area contributed by atoms with E-state index >= 15 is 0 Å². The zero-order valence-corrected chi connectivity index (χ0v) is 9.26. The fourth-order valence-corrected chi connectivity index (χ4v) is 2.22. The maximum Gasteiger partial charge on any atom is 0.225 e. The number of nitrogens with one attached hydrogen (secondary N) is 1. The third kappa shape index (κ3) is 1.80. The van der Waals surface area contributed by atoms with Crippen molar-refractivity contribution in [3.8, 4) is 0 Å². The number of rotatable bonds is 1. The van der Waals surface area contributed by atoms with Crippen LogP contribution in [-0.2, 0) is 11.2 Å². The Balaban J connectivity index is 2.10. The first-order valence-corrected chi connectivity index (χ1v) is 5.63. The summed E-state index contributed by atoms with van der Waals surface area (Å²) in [7, 11) is 0. The second-order valence-electron chi connectivity index (χ2n) is 4.13. The molecule has 3 nitrogen and oxygen atoms in total. The molecule has 1 atom stereocenters. The number of benzene rings is 1. The van der Waals surface area contributed by atoms with E-state index in [9.17, 15) is 4.79 Å². The molecule has 0 aliphatic carbocycles. The van der Waals surface area contributed by atoms with Crippen molar-refractivity contribution in [1.29, 1.82) is 0 Å². The van der Waals surface area contributed by atoms with Gasteiger partial charge in [0.25, 0.3) is 0 Å². The van der Waals surface area contributed by atoms with Gasteiger partial charge in [0, 0.05) is 6.20 Å². The molecule has 0 fully saturated rings. The maximum atomic E-state index is 11.7. The van der Waals surface area contributed by atoms with E-state index in [1.54, 1.807) is 6.20 Å². The van der Waals surface area contributed by atoms with E-state index in [4.69, 9.17) is 0 Å². The number of hydrogen-bond donors (Lipinski definition) is 1. The first-order valence-electron chi connectivity index (χ1n) is 5.63. The van der Waals surface area contributed by atoms with Crippen LogP contribution in [-0.4, -0.2) is 10.9 Å². The molecule has 2 heterocycles. The molecule has 1 aliphatic heterocycles. The lowest BCUT2D eigenvalue weighted by Crippen LogP contribution is -2.36. The van der Waals surface area contributed by atoms with E-state index in [2.05, 4.69) is 10.3 Å². The quantitative estimate of drug-likeness (QED) is 0.803. The van der Waals surface area contributed by atoms with E-state index in [0.29, 0.717) is 6.42 Å². The lowest BCUT2D eigenvalue weighted by atomic mass is 9.92. The van der Waals surface area contributed by atoms with E-state index in [1.165, 1.54) is 0 Å². The maximum absolute atomic E-state index is 11.7. The van der Waals surface area contributed by atoms with Crippen LogP contribution in [0, 0.1) is 0 Å². The summed E-state index contributed by atoms with van der Waals surface area (Å²) in [5.74, 6) is 0.0550. The van der Waals surface area contributed by atoms with Crippen molar-refractivity contribution in [1.82, 2.24) is 10.3 Å². The molecule has 2 aromatic rings. The second kappa shape index (κ2) is 4.01. The Labute approximate surface area is 99.5 Å². The highest BCUT2D eigenvalue weighted by Gasteiger charge is 2.25. The Hall–Kier alpha value is -2.16. The molecule has 0 radical (unpaired) electrons. The highest BCUT2D eigenvalue weighted by molar-refractivity contribution is 5.82. The molecule has 0 spiro atoms. The van der Waals surface area contributed by atoms with Gasteiger partial charge in [0.15, 0.2) is 0 Å². The standard InChI is InChI=1S/C14H12N2O/c17-13-9-10-5-1-2-6-11(10)14(16-13)12-7-3-4-8-15-12/h1-8,14H,9H2,(H,16,17). The number of nitrogens with zero attached hydrogens (tertiary/aromatic N) is 1. The average molecular weight is 224 g/mol. The van der Waals surface area contributed by atoms with Gasteiger partial charge in [-0.2, -0.15) is 0 Å². The van der Waals surface area contributed by atoms with Gasteiger partial charge in [0.2, 0.25) is 5.91 Å². The van der Waals surface area contributed by atoms with Crippen molar-refractivity contribution >= 4 is 5.91 Å². The Bertz CT molecular complexity index is 551. The van der Waals surface area contributed by atoms with Gasteiger partial charge >= 0.3 is 0 Å². The fourth-order valence-electron chi connectivity index (χ4n) is 2.22. The molecule has 3 rings (SSSR count). The molecule has 0 bridgehead atoms. The minimum Gasteiger partial charge on any atom is -0.343 e. The molecule has 84 valence electrons. The SMILES string of the molecule is O=C1Cc2ccccc2C(c2ccccn2)N1. The lowest BCUT2D eigenvalue weighted by molar-refractivity contribution is -0.121. The molecule has 0 saturated carbocycles. The third-order valence-corrected chi connectivity index (χ3v) is 3.01. The predicted molar refractivity (Wildman–Crippen MR) is 64.4 cm³/mol. The summed E-state index contributed by atoms with van der Waals surface area (Å²) in [4.78, 5) is 16.0. The summed E-state index contributed by atoms with van der Waals surface area (Å²) in [6, 6.07) is 13.6. The fraction of sp³-hybridized carbons (Fsp3) is 0.143. The molecule has 1 amide bonds. The number of carbonyl (C=O) groups is 1. The number of hydrogen-bond acceptors (Lipinski definition) is 2. The number of pyridine rings is 1. The van der Waals surface area contributed by atoms with Crippen molar-refractivity contribution in [3.05, 3.63) is 65.5 Å². The van der Waals surface area contributed by atoms with Crippen LogP contribution in [0.5, 0.6) is 0 Å². The molecule has 1 N–H and O–H groups in total. The van der Waals surface area contributed by atoms with E-state index in [-0.39, 0.29) is 11.9 Å². The lowest BCUT2D eigenvalue weighted by Gasteiger charge is -2.26. The molecule has 1 aromatic heterocycles. The molecule has 0 saturated heterocycles. The Kier molecular flexibility index (Phi) is 2.37. The van der Waals surface area contributed by atoms with Gasteiger partial charge in [-0.25, -0.2) is 0 Å². The smallest absolute Gasteiger partial charge is 0.225 e. The first-order chi connectivity index (χ1) is 8.34. The summed E-state index contributed by atoms with van der Waals surface area (Å²) in [5.41, 5.74) is 3.12. The normalized spacial score (nSPS) is 18.4. The minimum absolute atomic E-state index is 0.0550. The molecule has 1 aromatic carbocycles.